The van der Waals surface area contributed by atoms with Crippen LogP contribution in [0.2, 0.25) is 0 Å². The number of rotatable bonds is 11. The number of anilines is 1. The van der Waals surface area contributed by atoms with Crippen molar-refractivity contribution in [2.45, 2.75) is 42.2 Å². The predicted octanol–water partition coefficient (Wildman–Crippen LogP) is 4.46. The number of carbonyl (C=O) groups is 2. The molecule has 1 aromatic rings. The van der Waals surface area contributed by atoms with E-state index in [9.17, 15) is 61.9 Å². The van der Waals surface area contributed by atoms with Gasteiger partial charge in [0.1, 0.15) is 5.57 Å². The van der Waals surface area contributed by atoms with Crippen molar-refractivity contribution in [2.24, 2.45) is 0 Å². The highest BCUT2D eigenvalue weighted by molar-refractivity contribution is 7.87. The Morgan fingerprint density at radius 3 is 1.89 bits per heavy atom. The molecule has 1 rings (SSSR count). The predicted molar refractivity (Wildman–Crippen MR) is 102 cm³/mol. The van der Waals surface area contributed by atoms with Gasteiger partial charge in [-0.1, -0.05) is 24.8 Å². The van der Waals surface area contributed by atoms with E-state index in [2.05, 4.69) is 16.1 Å². The fourth-order valence-electron chi connectivity index (χ4n) is 2.30. The van der Waals surface area contributed by atoms with E-state index < -0.39 is 82.0 Å². The zero-order chi connectivity index (χ0) is 29.1. The average Bonchev–Trinajstić information content (AvgIpc) is 2.73. The number of ether oxygens (including phenoxy) is 2. The van der Waals surface area contributed by atoms with Gasteiger partial charge in [-0.15, -0.1) is 0 Å². The van der Waals surface area contributed by atoms with E-state index in [0.717, 1.165) is 12.1 Å². The molecule has 0 fully saturated rings. The van der Waals surface area contributed by atoms with Gasteiger partial charge in [0.2, 0.25) is 0 Å². The highest BCUT2D eigenvalue weighted by Crippen LogP contribution is 2.42. The molecular weight excluding hydrogens is 564 g/mol. The summed E-state index contributed by atoms with van der Waals surface area (Å²) in [4.78, 5) is 24.2. The highest BCUT2D eigenvalue weighted by Gasteiger charge is 2.68. The zero-order valence-corrected chi connectivity index (χ0v) is 18.6. The van der Waals surface area contributed by atoms with Crippen LogP contribution in [0.25, 0.3) is 0 Å². The average molecular weight is 579 g/mol. The van der Waals surface area contributed by atoms with Crippen molar-refractivity contribution in [1.82, 2.24) is 0 Å². The molecule has 210 valence electrons. The van der Waals surface area contributed by atoms with E-state index in [1.807, 2.05) is 0 Å². The van der Waals surface area contributed by atoms with Crippen LogP contribution >= 0.6 is 0 Å². The fraction of sp³-hybridized carbons (Fsp3) is 0.444. The fourth-order valence-corrected chi connectivity index (χ4v) is 2.78. The number of carbonyl (C=O) groups excluding carboxylic acids is 2. The van der Waals surface area contributed by atoms with Gasteiger partial charge in [-0.05, 0) is 18.6 Å². The maximum absolute atomic E-state index is 13.9. The van der Waals surface area contributed by atoms with Crippen LogP contribution in [0.4, 0.5) is 49.6 Å². The van der Waals surface area contributed by atoms with E-state index in [1.165, 1.54) is 23.5 Å². The van der Waals surface area contributed by atoms with Crippen LogP contribution in [0.5, 0.6) is 0 Å². The van der Waals surface area contributed by atoms with Gasteiger partial charge < -0.3 is 14.8 Å². The molecule has 0 heterocycles. The summed E-state index contributed by atoms with van der Waals surface area (Å²) in [5.74, 6) is -15.9. The van der Waals surface area contributed by atoms with Crippen molar-refractivity contribution < 1.29 is 75.9 Å². The van der Waals surface area contributed by atoms with Gasteiger partial charge in [-0.25, -0.2) is 4.79 Å². The van der Waals surface area contributed by atoms with Gasteiger partial charge in [-0.2, -0.15) is 52.3 Å². The summed E-state index contributed by atoms with van der Waals surface area (Å²) in [5, 5.41) is -4.57. The third-order valence-electron chi connectivity index (χ3n) is 4.22. The summed E-state index contributed by atoms with van der Waals surface area (Å²) < 4.78 is 170. The number of hydrogen-bond donors (Lipinski definition) is 2. The second-order valence-electron chi connectivity index (χ2n) is 6.95. The van der Waals surface area contributed by atoms with E-state index in [1.54, 1.807) is 0 Å². The first kappa shape index (κ1) is 32.1. The van der Waals surface area contributed by atoms with Crippen LogP contribution in [-0.2, 0) is 29.2 Å². The Kier molecular flexibility index (Phi) is 9.39. The van der Waals surface area contributed by atoms with Gasteiger partial charge in [0.05, 0.1) is 6.61 Å². The Bertz CT molecular complexity index is 1100. The summed E-state index contributed by atoms with van der Waals surface area (Å²) in [6.45, 7) is 0.368. The topological polar surface area (TPSA) is 119 Å². The SMILES string of the molecule is C=C(C(=O)OC(OCCCC(F)(F)C(F)(F)S(=O)(=O)O)(C(=O)Nc1ccccc1)C(F)(F)F)C(F)(F)F. The monoisotopic (exact) mass is 579 g/mol. The van der Waals surface area contributed by atoms with Gasteiger partial charge in [0, 0.05) is 12.1 Å². The number of esters is 1. The number of nitrogens with one attached hydrogen (secondary N) is 1. The number of amides is 1. The van der Waals surface area contributed by atoms with Crippen molar-refractivity contribution in [3.63, 3.8) is 0 Å². The van der Waals surface area contributed by atoms with Gasteiger partial charge in [0.15, 0.2) is 0 Å². The third-order valence-corrected chi connectivity index (χ3v) is 5.17. The smallest absolute Gasteiger partial charge is 0.412 e. The molecule has 0 spiro atoms. The molecule has 0 saturated carbocycles. The van der Waals surface area contributed by atoms with Crippen molar-refractivity contribution in [3.05, 3.63) is 42.5 Å². The Morgan fingerprint density at radius 2 is 1.46 bits per heavy atom. The quantitative estimate of drug-likeness (QED) is 0.0993. The maximum Gasteiger partial charge on any atom is 0.466 e. The Labute approximate surface area is 201 Å². The highest BCUT2D eigenvalue weighted by atomic mass is 32.2. The van der Waals surface area contributed by atoms with Crippen LogP contribution in [0.15, 0.2) is 42.5 Å². The molecule has 1 aromatic carbocycles. The minimum absolute atomic E-state index is 0.435. The standard InChI is InChI=1S/C18H15F10NO7S/c1-10(16(21,22)23)12(30)36-15(17(24,25)26,13(31)29-11-6-3-2-4-7-11)35-9-5-8-14(19,20)18(27,28)37(32,33)34/h2-4,6-7H,1,5,8-9H2,(H,29,31)(H,32,33,34). The van der Waals surface area contributed by atoms with Crippen molar-refractivity contribution in [3.8, 4) is 0 Å². The molecule has 19 heteroatoms. The summed E-state index contributed by atoms with van der Waals surface area (Å²) >= 11 is 0. The Balaban J connectivity index is 3.33. The number of para-hydroxylation sites is 1. The Hall–Kier alpha value is -2.93. The molecule has 1 atom stereocenters. The Morgan fingerprint density at radius 1 is 0.946 bits per heavy atom. The van der Waals surface area contributed by atoms with Gasteiger partial charge in [0.25, 0.3) is 0 Å². The number of alkyl halides is 10. The van der Waals surface area contributed by atoms with Crippen LogP contribution in [0.3, 0.4) is 0 Å². The van der Waals surface area contributed by atoms with Crippen LogP contribution in [0.1, 0.15) is 12.8 Å². The molecule has 0 aliphatic rings. The third kappa shape index (κ3) is 7.31. The van der Waals surface area contributed by atoms with Gasteiger partial charge in [-0.3, -0.25) is 9.35 Å². The molecule has 1 unspecified atom stereocenters. The second-order valence-corrected chi connectivity index (χ2v) is 8.41. The lowest BCUT2D eigenvalue weighted by atomic mass is 10.1. The lowest BCUT2D eigenvalue weighted by Gasteiger charge is -2.33. The first-order chi connectivity index (χ1) is 16.5. The minimum Gasteiger partial charge on any atom is -0.412 e. The lowest BCUT2D eigenvalue weighted by molar-refractivity contribution is -0.346. The molecular formula is C18H15F10NO7S. The van der Waals surface area contributed by atoms with E-state index in [0.29, 0.717) is 0 Å². The van der Waals surface area contributed by atoms with Crippen LogP contribution < -0.4 is 5.32 Å². The number of benzene rings is 1. The molecule has 2 N–H and O–H groups in total. The molecule has 0 radical (unpaired) electrons. The largest absolute Gasteiger partial charge is 0.466 e. The lowest BCUT2D eigenvalue weighted by Crippen LogP contribution is -2.60. The second kappa shape index (κ2) is 10.8. The van der Waals surface area contributed by atoms with E-state index in [-0.39, 0.29) is 0 Å². The maximum atomic E-state index is 13.9. The first-order valence-corrected chi connectivity index (χ1v) is 10.7. The normalized spacial score (nSPS) is 15.0. The molecule has 0 bridgehead atoms. The first-order valence-electron chi connectivity index (χ1n) is 9.29. The number of halogens is 10. The molecule has 0 aliphatic carbocycles. The van der Waals surface area contributed by atoms with Crippen LogP contribution in [-0.4, -0.2) is 60.8 Å². The van der Waals surface area contributed by atoms with Gasteiger partial charge >= 0.3 is 51.3 Å². The van der Waals surface area contributed by atoms with Crippen molar-refractivity contribution in [2.75, 3.05) is 11.9 Å². The summed E-state index contributed by atoms with van der Waals surface area (Å²) in [7, 11) is -6.69. The molecule has 1 amide bonds. The van der Waals surface area contributed by atoms with Crippen LogP contribution in [0, 0.1) is 0 Å². The molecule has 0 aromatic heterocycles. The zero-order valence-electron chi connectivity index (χ0n) is 17.8. The molecule has 37 heavy (non-hydrogen) atoms. The number of hydrogen-bond acceptors (Lipinski definition) is 6. The molecule has 0 saturated heterocycles. The summed E-state index contributed by atoms with van der Waals surface area (Å²) in [5.41, 5.74) is -2.97. The minimum atomic E-state index is -6.69. The summed E-state index contributed by atoms with van der Waals surface area (Å²) in [6.07, 6.45) is -15.7. The van der Waals surface area contributed by atoms with E-state index >= 15 is 0 Å². The summed E-state index contributed by atoms with van der Waals surface area (Å²) in [6, 6.07) is 5.65. The molecule has 0 aliphatic heterocycles. The van der Waals surface area contributed by atoms with Crippen molar-refractivity contribution in [1.29, 1.82) is 0 Å². The van der Waals surface area contributed by atoms with E-state index in [4.69, 9.17) is 4.55 Å². The van der Waals surface area contributed by atoms with Crippen molar-refractivity contribution >= 4 is 27.7 Å². The molecule has 8 nitrogen and oxygen atoms in total.